The van der Waals surface area contributed by atoms with Crippen molar-refractivity contribution in [3.8, 4) is 0 Å². The van der Waals surface area contributed by atoms with Crippen molar-refractivity contribution in [1.82, 2.24) is 4.90 Å². The summed E-state index contributed by atoms with van der Waals surface area (Å²) in [5.74, 6) is 0.215. The van der Waals surface area contributed by atoms with Crippen LogP contribution in [0.2, 0.25) is 0 Å². The molecule has 0 bridgehead atoms. The molecule has 0 amide bonds. The molecule has 1 atom stereocenters. The van der Waals surface area contributed by atoms with Crippen LogP contribution in [0.3, 0.4) is 0 Å². The molecular formula is C9H13NO4. The molecule has 1 aliphatic heterocycles. The molecule has 1 saturated heterocycles. The lowest BCUT2D eigenvalue weighted by molar-refractivity contribution is -0.104. The fourth-order valence-corrected chi connectivity index (χ4v) is 1.65. The van der Waals surface area contributed by atoms with Gasteiger partial charge in [0.25, 0.3) is 0 Å². The lowest BCUT2D eigenvalue weighted by atomic mass is 10.2. The van der Waals surface area contributed by atoms with Crippen LogP contribution in [0, 0.1) is 0 Å². The number of carbonyl (C=O) groups is 2. The minimum absolute atomic E-state index is 0.0868. The average Bonchev–Trinajstić information content (AvgIpc) is 2.50. The summed E-state index contributed by atoms with van der Waals surface area (Å²) in [4.78, 5) is 22.6. The maximum Gasteiger partial charge on any atom is 0.511 e. The highest BCUT2D eigenvalue weighted by Gasteiger charge is 2.27. The van der Waals surface area contributed by atoms with Gasteiger partial charge in [0, 0.05) is 6.08 Å². The largest absolute Gasteiger partial charge is 0.511 e. The van der Waals surface area contributed by atoms with Crippen molar-refractivity contribution in [2.24, 2.45) is 0 Å². The van der Waals surface area contributed by atoms with Crippen molar-refractivity contribution in [3.05, 3.63) is 11.8 Å². The van der Waals surface area contributed by atoms with E-state index in [9.17, 15) is 9.59 Å². The van der Waals surface area contributed by atoms with E-state index in [0.717, 1.165) is 19.4 Å². The molecule has 0 aromatic heterocycles. The molecule has 0 aromatic carbocycles. The van der Waals surface area contributed by atoms with Crippen molar-refractivity contribution in [2.75, 3.05) is 13.6 Å². The number of aldehydes is 1. The molecule has 1 aliphatic rings. The first-order chi connectivity index (χ1) is 6.65. The number of rotatable bonds is 3. The first-order valence-corrected chi connectivity index (χ1v) is 4.41. The van der Waals surface area contributed by atoms with Gasteiger partial charge in [-0.25, -0.2) is 4.79 Å². The Hall–Kier alpha value is -1.36. The second-order valence-corrected chi connectivity index (χ2v) is 3.21. The Morgan fingerprint density at radius 1 is 1.64 bits per heavy atom. The first-order valence-electron chi connectivity index (χ1n) is 4.41. The molecule has 0 saturated carbocycles. The molecule has 0 aliphatic carbocycles. The van der Waals surface area contributed by atoms with Gasteiger partial charge in [0.15, 0.2) is 0 Å². The zero-order valence-corrected chi connectivity index (χ0v) is 7.97. The summed E-state index contributed by atoms with van der Waals surface area (Å²) in [6.45, 7) is 0.893. The second-order valence-electron chi connectivity index (χ2n) is 3.21. The minimum Gasteiger partial charge on any atom is -0.449 e. The minimum atomic E-state index is -1.38. The molecule has 5 nitrogen and oxygen atoms in total. The van der Waals surface area contributed by atoms with E-state index in [1.807, 2.05) is 11.9 Å². The number of likely N-dealkylation sites (N-methyl/N-ethyl adjacent to an activating group) is 1. The van der Waals surface area contributed by atoms with Crippen molar-refractivity contribution in [1.29, 1.82) is 0 Å². The summed E-state index contributed by atoms with van der Waals surface area (Å²) in [7, 11) is 1.88. The van der Waals surface area contributed by atoms with Gasteiger partial charge in [-0.1, -0.05) is 0 Å². The van der Waals surface area contributed by atoms with Gasteiger partial charge in [-0.05, 0) is 26.4 Å². The van der Waals surface area contributed by atoms with Crippen LogP contribution in [0.4, 0.5) is 4.79 Å². The molecule has 1 rings (SSSR count). The van der Waals surface area contributed by atoms with Crippen LogP contribution in [0.1, 0.15) is 12.8 Å². The van der Waals surface area contributed by atoms with Crippen molar-refractivity contribution in [3.63, 3.8) is 0 Å². The van der Waals surface area contributed by atoms with Crippen molar-refractivity contribution < 1.29 is 19.4 Å². The van der Waals surface area contributed by atoms with Crippen LogP contribution in [-0.2, 0) is 9.53 Å². The van der Waals surface area contributed by atoms with E-state index >= 15 is 0 Å². The van der Waals surface area contributed by atoms with E-state index in [0.29, 0.717) is 6.29 Å². The Labute approximate surface area is 82.0 Å². The first kappa shape index (κ1) is 10.7. The fraction of sp³-hybridized carbons (Fsp3) is 0.556. The number of ether oxygens (including phenoxy) is 1. The quantitative estimate of drug-likeness (QED) is 0.316. The zero-order chi connectivity index (χ0) is 10.6. The fourth-order valence-electron chi connectivity index (χ4n) is 1.65. The predicted octanol–water partition coefficient (Wildman–Crippen LogP) is 0.858. The van der Waals surface area contributed by atoms with E-state index in [4.69, 9.17) is 5.11 Å². The number of carbonyl (C=O) groups excluding carboxylic acids is 1. The Morgan fingerprint density at radius 3 is 2.79 bits per heavy atom. The van der Waals surface area contributed by atoms with E-state index in [-0.39, 0.29) is 11.8 Å². The monoisotopic (exact) mass is 199 g/mol. The van der Waals surface area contributed by atoms with Crippen LogP contribution in [-0.4, -0.2) is 42.1 Å². The van der Waals surface area contributed by atoms with Gasteiger partial charge in [0.1, 0.15) is 12.0 Å². The maximum atomic E-state index is 10.4. The van der Waals surface area contributed by atoms with E-state index in [1.54, 1.807) is 0 Å². The van der Waals surface area contributed by atoms with E-state index < -0.39 is 6.16 Å². The Balaban J connectivity index is 2.71. The lowest BCUT2D eigenvalue weighted by Gasteiger charge is -2.20. The van der Waals surface area contributed by atoms with Gasteiger partial charge >= 0.3 is 6.16 Å². The molecule has 5 heteroatoms. The number of hydrogen-bond donors (Lipinski definition) is 1. The highest BCUT2D eigenvalue weighted by atomic mass is 16.7. The average molecular weight is 199 g/mol. The summed E-state index contributed by atoms with van der Waals surface area (Å²) in [5, 5.41) is 8.46. The zero-order valence-electron chi connectivity index (χ0n) is 7.97. The van der Waals surface area contributed by atoms with E-state index in [1.165, 1.54) is 6.08 Å². The van der Waals surface area contributed by atoms with Crippen molar-refractivity contribution >= 4 is 12.4 Å². The number of allylic oxidation sites excluding steroid dienone is 1. The smallest absolute Gasteiger partial charge is 0.449 e. The summed E-state index contributed by atoms with van der Waals surface area (Å²) >= 11 is 0. The topological polar surface area (TPSA) is 66.8 Å². The predicted molar refractivity (Wildman–Crippen MR) is 48.9 cm³/mol. The highest BCUT2D eigenvalue weighted by molar-refractivity contribution is 5.68. The lowest BCUT2D eigenvalue weighted by Crippen LogP contribution is -2.28. The molecule has 78 valence electrons. The molecule has 0 radical (unpaired) electrons. The normalized spacial score (nSPS) is 23.5. The van der Waals surface area contributed by atoms with Crippen LogP contribution in [0.15, 0.2) is 11.8 Å². The van der Waals surface area contributed by atoms with Gasteiger partial charge < -0.3 is 9.84 Å². The Morgan fingerprint density at radius 2 is 2.36 bits per heavy atom. The number of nitrogens with zero attached hydrogens (tertiary/aromatic N) is 1. The van der Waals surface area contributed by atoms with Gasteiger partial charge in [0.2, 0.25) is 0 Å². The Bertz CT molecular complexity index is 262. The molecule has 1 fully saturated rings. The summed E-state index contributed by atoms with van der Waals surface area (Å²) in [5.41, 5.74) is 0. The third-order valence-corrected chi connectivity index (χ3v) is 2.29. The molecule has 0 spiro atoms. The summed E-state index contributed by atoms with van der Waals surface area (Å²) < 4.78 is 4.55. The van der Waals surface area contributed by atoms with Crippen LogP contribution >= 0.6 is 0 Å². The van der Waals surface area contributed by atoms with Gasteiger partial charge in [-0.2, -0.15) is 0 Å². The van der Waals surface area contributed by atoms with Crippen LogP contribution in [0.5, 0.6) is 0 Å². The Kier molecular flexibility index (Phi) is 3.64. The second kappa shape index (κ2) is 4.76. The van der Waals surface area contributed by atoms with E-state index in [2.05, 4.69) is 4.74 Å². The van der Waals surface area contributed by atoms with Crippen molar-refractivity contribution in [2.45, 2.75) is 18.9 Å². The standard InChI is InChI=1S/C9H13NO4/c1-10-5-2-3-7(10)8(4-6-11)14-9(12)13/h4,6-7H,2-3,5H2,1H3,(H,12,13)/b8-4-. The number of carboxylic acid groups (broad SMARTS) is 1. The number of hydrogen-bond acceptors (Lipinski definition) is 4. The molecule has 1 N–H and O–H groups in total. The molecule has 0 aromatic rings. The summed E-state index contributed by atoms with van der Waals surface area (Å²) in [6.07, 6.45) is 2.15. The third kappa shape index (κ3) is 2.56. The summed E-state index contributed by atoms with van der Waals surface area (Å²) in [6, 6.07) is -0.0868. The van der Waals surface area contributed by atoms with Gasteiger partial charge in [0.05, 0.1) is 6.04 Å². The van der Waals surface area contributed by atoms with Gasteiger partial charge in [-0.3, -0.25) is 9.69 Å². The van der Waals surface area contributed by atoms with Crippen LogP contribution in [0.25, 0.3) is 0 Å². The number of likely N-dealkylation sites (tertiary alicyclic amines) is 1. The SMILES string of the molecule is CN1CCCC1/C(=C/C=O)OC(=O)O. The maximum absolute atomic E-state index is 10.4. The van der Waals surface area contributed by atoms with Gasteiger partial charge in [-0.15, -0.1) is 0 Å². The highest BCUT2D eigenvalue weighted by Crippen LogP contribution is 2.22. The molecule has 14 heavy (non-hydrogen) atoms. The molecule has 1 unspecified atom stereocenters. The van der Waals surface area contributed by atoms with Crippen LogP contribution < -0.4 is 0 Å². The third-order valence-electron chi connectivity index (χ3n) is 2.29. The molecule has 1 heterocycles. The molecular weight excluding hydrogens is 186 g/mol.